The van der Waals surface area contributed by atoms with Crippen LogP contribution in [0.5, 0.6) is 5.75 Å². The molecule has 6 heteroatoms. The molecule has 0 atom stereocenters. The molecule has 1 aromatic carbocycles. The second-order valence-corrected chi connectivity index (χ2v) is 7.37. The number of nitrogens with one attached hydrogen (secondary N) is 1. The van der Waals surface area contributed by atoms with Gasteiger partial charge in [0.1, 0.15) is 5.75 Å². The van der Waals surface area contributed by atoms with Gasteiger partial charge < -0.3 is 19.9 Å². The first-order chi connectivity index (χ1) is 11.7. The normalized spacial score (nSPS) is 15.1. The molecule has 3 amide bonds. The highest BCUT2D eigenvalue weighted by molar-refractivity contribution is 5.94. The molecular weight excluding hydrogens is 318 g/mol. The third-order valence-corrected chi connectivity index (χ3v) is 4.06. The van der Waals surface area contributed by atoms with Gasteiger partial charge in [0, 0.05) is 37.3 Å². The molecular formula is C19H29N3O3. The Kier molecular flexibility index (Phi) is 5.93. The lowest BCUT2D eigenvalue weighted by atomic mass is 10.1. The summed E-state index contributed by atoms with van der Waals surface area (Å²) in [4.78, 5) is 28.5. The Hall–Kier alpha value is -2.24. The number of piperazine rings is 1. The van der Waals surface area contributed by atoms with Gasteiger partial charge in [0.2, 0.25) is 0 Å². The van der Waals surface area contributed by atoms with Crippen molar-refractivity contribution in [3.63, 3.8) is 0 Å². The fraction of sp³-hybridized carbons (Fsp3) is 0.579. The molecule has 1 aromatic rings. The van der Waals surface area contributed by atoms with E-state index in [2.05, 4.69) is 5.32 Å². The number of carbonyl (C=O) groups is 2. The van der Waals surface area contributed by atoms with Gasteiger partial charge in [-0.15, -0.1) is 0 Å². The second kappa shape index (κ2) is 7.76. The lowest BCUT2D eigenvalue weighted by Crippen LogP contribution is -2.56. The van der Waals surface area contributed by atoms with E-state index in [0.717, 1.165) is 11.3 Å². The Morgan fingerprint density at radius 3 is 2.24 bits per heavy atom. The van der Waals surface area contributed by atoms with Crippen LogP contribution in [0.4, 0.5) is 4.79 Å². The van der Waals surface area contributed by atoms with Gasteiger partial charge in [-0.2, -0.15) is 0 Å². The van der Waals surface area contributed by atoms with Gasteiger partial charge in [-0.05, 0) is 58.4 Å². The summed E-state index contributed by atoms with van der Waals surface area (Å²) in [5.74, 6) is 0.810. The molecule has 0 bridgehead atoms. The van der Waals surface area contributed by atoms with E-state index in [0.29, 0.717) is 38.3 Å². The van der Waals surface area contributed by atoms with Crippen molar-refractivity contribution < 1.29 is 14.3 Å². The van der Waals surface area contributed by atoms with Crippen LogP contribution in [0.15, 0.2) is 18.2 Å². The molecule has 0 aliphatic carbocycles. The number of ether oxygens (including phenoxy) is 1. The minimum atomic E-state index is -0.260. The molecule has 1 saturated heterocycles. The van der Waals surface area contributed by atoms with Crippen LogP contribution in [0, 0.1) is 6.92 Å². The molecule has 1 fully saturated rings. The number of rotatable bonds is 3. The number of urea groups is 1. The summed E-state index contributed by atoms with van der Waals surface area (Å²) in [6.45, 7) is 12.5. The fourth-order valence-corrected chi connectivity index (χ4v) is 2.79. The lowest BCUT2D eigenvalue weighted by Gasteiger charge is -2.36. The van der Waals surface area contributed by atoms with Crippen molar-refractivity contribution in [2.24, 2.45) is 0 Å². The summed E-state index contributed by atoms with van der Waals surface area (Å²) in [5.41, 5.74) is 1.36. The van der Waals surface area contributed by atoms with E-state index < -0.39 is 0 Å². The zero-order valence-electron chi connectivity index (χ0n) is 15.9. The summed E-state index contributed by atoms with van der Waals surface area (Å²) in [7, 11) is 0. The maximum absolute atomic E-state index is 12.7. The number of carbonyl (C=O) groups excluding carboxylic acids is 2. The Morgan fingerprint density at radius 2 is 1.72 bits per heavy atom. The molecule has 1 heterocycles. The molecule has 1 aliphatic heterocycles. The van der Waals surface area contributed by atoms with Crippen molar-refractivity contribution in [3.05, 3.63) is 29.3 Å². The van der Waals surface area contributed by atoms with Crippen LogP contribution in [0.3, 0.4) is 0 Å². The predicted molar refractivity (Wildman–Crippen MR) is 98.1 cm³/mol. The van der Waals surface area contributed by atoms with E-state index in [9.17, 15) is 9.59 Å². The third kappa shape index (κ3) is 5.11. The molecule has 6 nitrogen and oxygen atoms in total. The molecule has 0 spiro atoms. The topological polar surface area (TPSA) is 61.9 Å². The summed E-state index contributed by atoms with van der Waals surface area (Å²) in [6.07, 6.45) is 0. The van der Waals surface area contributed by atoms with Crippen LogP contribution in [-0.2, 0) is 0 Å². The van der Waals surface area contributed by atoms with E-state index in [-0.39, 0.29) is 17.5 Å². The van der Waals surface area contributed by atoms with Crippen LogP contribution >= 0.6 is 0 Å². The van der Waals surface area contributed by atoms with Crippen molar-refractivity contribution in [2.45, 2.75) is 40.2 Å². The number of amides is 3. The van der Waals surface area contributed by atoms with Gasteiger partial charge in [-0.1, -0.05) is 0 Å². The maximum atomic E-state index is 12.7. The van der Waals surface area contributed by atoms with Crippen molar-refractivity contribution in [2.75, 3.05) is 32.8 Å². The van der Waals surface area contributed by atoms with E-state index in [1.807, 2.05) is 46.8 Å². The summed E-state index contributed by atoms with van der Waals surface area (Å²) in [6, 6.07) is 5.45. The molecule has 0 saturated carbocycles. The number of nitrogens with zero attached hydrogens (tertiary/aromatic N) is 2. The summed E-state index contributed by atoms with van der Waals surface area (Å²) in [5, 5.41) is 2.96. The van der Waals surface area contributed by atoms with Gasteiger partial charge in [-0.3, -0.25) is 4.79 Å². The first-order valence-corrected chi connectivity index (χ1v) is 8.81. The number of hydrogen-bond acceptors (Lipinski definition) is 3. The van der Waals surface area contributed by atoms with E-state index in [4.69, 9.17) is 4.74 Å². The van der Waals surface area contributed by atoms with Crippen LogP contribution in [-0.4, -0.2) is 60.1 Å². The molecule has 1 N–H and O–H groups in total. The largest absolute Gasteiger partial charge is 0.494 e. The van der Waals surface area contributed by atoms with Gasteiger partial charge >= 0.3 is 6.03 Å². The highest BCUT2D eigenvalue weighted by atomic mass is 16.5. The fourth-order valence-electron chi connectivity index (χ4n) is 2.79. The average Bonchev–Trinajstić information content (AvgIpc) is 2.55. The van der Waals surface area contributed by atoms with Crippen molar-refractivity contribution >= 4 is 11.9 Å². The maximum Gasteiger partial charge on any atom is 0.317 e. The van der Waals surface area contributed by atoms with Crippen LogP contribution in [0.2, 0.25) is 0 Å². The summed E-state index contributed by atoms with van der Waals surface area (Å²) < 4.78 is 5.52. The van der Waals surface area contributed by atoms with Gasteiger partial charge in [-0.25, -0.2) is 4.79 Å². The zero-order chi connectivity index (χ0) is 18.6. The monoisotopic (exact) mass is 347 g/mol. The van der Waals surface area contributed by atoms with Gasteiger partial charge in [0.25, 0.3) is 5.91 Å². The minimum Gasteiger partial charge on any atom is -0.494 e. The first-order valence-electron chi connectivity index (χ1n) is 8.81. The highest BCUT2D eigenvalue weighted by Gasteiger charge is 2.26. The van der Waals surface area contributed by atoms with E-state index in [1.165, 1.54) is 0 Å². The Balaban J connectivity index is 1.95. The van der Waals surface area contributed by atoms with E-state index >= 15 is 0 Å². The third-order valence-electron chi connectivity index (χ3n) is 4.06. The standard InChI is InChI=1S/C19H29N3O3/c1-6-25-16-8-7-15(13-14(16)2)17(23)21-9-11-22(12-10-21)18(24)20-19(3,4)5/h7-8,13H,6,9-12H2,1-5H3,(H,20,24). The smallest absolute Gasteiger partial charge is 0.317 e. The minimum absolute atomic E-state index is 0.00188. The highest BCUT2D eigenvalue weighted by Crippen LogP contribution is 2.20. The molecule has 0 radical (unpaired) electrons. The molecule has 25 heavy (non-hydrogen) atoms. The van der Waals surface area contributed by atoms with Crippen molar-refractivity contribution in [1.82, 2.24) is 15.1 Å². The quantitative estimate of drug-likeness (QED) is 0.914. The number of aryl methyl sites for hydroxylation is 1. The molecule has 0 aromatic heterocycles. The van der Waals surface area contributed by atoms with Gasteiger partial charge in [0.05, 0.1) is 6.61 Å². The van der Waals surface area contributed by atoms with Crippen molar-refractivity contribution in [1.29, 1.82) is 0 Å². The average molecular weight is 347 g/mol. The van der Waals surface area contributed by atoms with Crippen LogP contribution < -0.4 is 10.1 Å². The van der Waals surface area contributed by atoms with E-state index in [1.54, 1.807) is 15.9 Å². The molecule has 0 unspecified atom stereocenters. The summed E-state index contributed by atoms with van der Waals surface area (Å²) >= 11 is 0. The lowest BCUT2D eigenvalue weighted by molar-refractivity contribution is 0.0661. The van der Waals surface area contributed by atoms with Crippen molar-refractivity contribution in [3.8, 4) is 5.75 Å². The van der Waals surface area contributed by atoms with Crippen LogP contribution in [0.25, 0.3) is 0 Å². The Labute approximate surface area is 150 Å². The number of benzene rings is 1. The van der Waals surface area contributed by atoms with Gasteiger partial charge in [0.15, 0.2) is 0 Å². The molecule has 1 aliphatic rings. The SMILES string of the molecule is CCOc1ccc(C(=O)N2CCN(C(=O)NC(C)(C)C)CC2)cc1C. The zero-order valence-corrected chi connectivity index (χ0v) is 15.9. The molecule has 138 valence electrons. The Morgan fingerprint density at radius 1 is 1.12 bits per heavy atom. The predicted octanol–water partition coefficient (Wildman–Crippen LogP) is 2.66. The molecule has 2 rings (SSSR count). The second-order valence-electron chi connectivity index (χ2n) is 7.37. The van der Waals surface area contributed by atoms with Crippen LogP contribution in [0.1, 0.15) is 43.6 Å². The Bertz CT molecular complexity index is 629. The first kappa shape index (κ1) is 19.1. The number of hydrogen-bond donors (Lipinski definition) is 1.